The van der Waals surface area contributed by atoms with Gasteiger partial charge in [-0.25, -0.2) is 9.50 Å². The molecule has 0 spiro atoms. The summed E-state index contributed by atoms with van der Waals surface area (Å²) >= 11 is 1.42. The van der Waals surface area contributed by atoms with Crippen LogP contribution in [0.15, 0.2) is 58.7 Å². The summed E-state index contributed by atoms with van der Waals surface area (Å²) in [5, 5.41) is 28.9. The Labute approximate surface area is 235 Å². The molecule has 4 aromatic rings. The lowest BCUT2D eigenvalue weighted by atomic mass is 10.2. The van der Waals surface area contributed by atoms with E-state index in [2.05, 4.69) is 25.9 Å². The lowest BCUT2D eigenvalue weighted by molar-refractivity contribution is -0.117. The standard InChI is InChI=1S/C27H32N8O4S/c1-17-12-24(32-31-17)29-26-21-5-2-10-35(21)33-27(30-26)40-20-8-6-18(7-9-20)28-25(37)15-34-13-22(36)23(14-34)39-16-19-4-3-11-38-19/h2,5-10,12,19,22-23,36H,3-4,11,13-16H2,1H3,(H,28,37)(H2,29,30,31,32,33)/t19?,22-,23-/m0/s1. The molecule has 1 aromatic carbocycles. The van der Waals surface area contributed by atoms with Gasteiger partial charge in [0.2, 0.25) is 11.1 Å². The maximum absolute atomic E-state index is 12.7. The first-order valence-electron chi connectivity index (χ1n) is 13.3. The van der Waals surface area contributed by atoms with E-state index in [0.717, 1.165) is 35.6 Å². The van der Waals surface area contributed by atoms with Crippen molar-refractivity contribution in [3.63, 3.8) is 0 Å². The van der Waals surface area contributed by atoms with Gasteiger partial charge in [-0.15, -0.1) is 5.10 Å². The van der Waals surface area contributed by atoms with Crippen molar-refractivity contribution in [1.29, 1.82) is 0 Å². The number of hydrogen-bond donors (Lipinski definition) is 4. The van der Waals surface area contributed by atoms with Crippen LogP contribution in [0.4, 0.5) is 17.3 Å². The number of aromatic amines is 1. The zero-order valence-corrected chi connectivity index (χ0v) is 22.9. The molecular weight excluding hydrogens is 532 g/mol. The number of anilines is 3. The van der Waals surface area contributed by atoms with Crippen LogP contribution in [-0.4, -0.2) is 91.9 Å². The number of aryl methyl sites for hydroxylation is 1. The number of benzene rings is 1. The van der Waals surface area contributed by atoms with Gasteiger partial charge in [0, 0.05) is 48.2 Å². The Balaban J connectivity index is 1.02. The number of nitrogens with zero attached hydrogens (tertiary/aromatic N) is 5. The summed E-state index contributed by atoms with van der Waals surface area (Å²) in [5.41, 5.74) is 2.48. The molecule has 0 radical (unpaired) electrons. The molecule has 40 heavy (non-hydrogen) atoms. The summed E-state index contributed by atoms with van der Waals surface area (Å²) in [5.74, 6) is 1.20. The van der Waals surface area contributed by atoms with Gasteiger partial charge in [-0.3, -0.25) is 14.8 Å². The number of fused-ring (bicyclic) bond motifs is 1. The highest BCUT2D eigenvalue weighted by atomic mass is 32.2. The maximum atomic E-state index is 12.7. The first-order valence-corrected chi connectivity index (χ1v) is 14.2. The van der Waals surface area contributed by atoms with Crippen LogP contribution < -0.4 is 10.6 Å². The van der Waals surface area contributed by atoms with Crippen molar-refractivity contribution in [1.82, 2.24) is 29.7 Å². The fraction of sp³-hybridized carbons (Fsp3) is 0.407. The van der Waals surface area contributed by atoms with E-state index in [1.165, 1.54) is 11.8 Å². The average molecular weight is 565 g/mol. The number of carbonyl (C=O) groups is 1. The van der Waals surface area contributed by atoms with Gasteiger partial charge in [-0.1, -0.05) is 0 Å². The monoisotopic (exact) mass is 564 g/mol. The van der Waals surface area contributed by atoms with E-state index in [-0.39, 0.29) is 24.7 Å². The Hall–Kier alpha value is -3.49. The van der Waals surface area contributed by atoms with Gasteiger partial charge in [0.15, 0.2) is 11.6 Å². The fourth-order valence-corrected chi connectivity index (χ4v) is 5.65. The lowest BCUT2D eigenvalue weighted by Crippen LogP contribution is -2.33. The highest BCUT2D eigenvalue weighted by molar-refractivity contribution is 7.99. The van der Waals surface area contributed by atoms with Gasteiger partial charge in [0.25, 0.3) is 0 Å². The number of hydrogen-bond acceptors (Lipinski definition) is 10. The summed E-state index contributed by atoms with van der Waals surface area (Å²) in [7, 11) is 0. The van der Waals surface area contributed by atoms with E-state index >= 15 is 0 Å². The molecule has 6 rings (SSSR count). The Bertz CT molecular complexity index is 1450. The van der Waals surface area contributed by atoms with Gasteiger partial charge in [0.05, 0.1) is 31.5 Å². The molecule has 1 unspecified atom stereocenters. The number of amides is 1. The minimum Gasteiger partial charge on any atom is -0.389 e. The molecule has 4 N–H and O–H groups in total. The van der Waals surface area contributed by atoms with Crippen LogP contribution in [0, 0.1) is 6.92 Å². The summed E-state index contributed by atoms with van der Waals surface area (Å²) in [6.07, 6.45) is 3.11. The van der Waals surface area contributed by atoms with Crippen molar-refractivity contribution in [3.8, 4) is 0 Å². The van der Waals surface area contributed by atoms with Gasteiger partial charge < -0.3 is 25.2 Å². The SMILES string of the molecule is Cc1cc(Nc2nc(Sc3ccc(NC(=O)CN4C[C@H](OCC5CCCO5)[C@@H](O)C4)cc3)nn3cccc23)n[nH]1. The summed E-state index contributed by atoms with van der Waals surface area (Å²) in [6, 6.07) is 13.3. The van der Waals surface area contributed by atoms with E-state index in [0.29, 0.717) is 42.2 Å². The molecular formula is C27H32N8O4S. The maximum Gasteiger partial charge on any atom is 0.238 e. The highest BCUT2D eigenvalue weighted by Crippen LogP contribution is 2.29. The molecule has 2 saturated heterocycles. The molecule has 12 nitrogen and oxygen atoms in total. The third-order valence-corrected chi connectivity index (χ3v) is 7.73. The molecule has 2 aliphatic heterocycles. The van der Waals surface area contributed by atoms with E-state index in [4.69, 9.17) is 14.5 Å². The Kier molecular flexibility index (Phi) is 7.98. The zero-order valence-electron chi connectivity index (χ0n) is 22.1. The van der Waals surface area contributed by atoms with E-state index in [1.54, 1.807) is 4.52 Å². The second-order valence-corrected chi connectivity index (χ2v) is 11.1. The van der Waals surface area contributed by atoms with Crippen molar-refractivity contribution >= 4 is 40.5 Å². The van der Waals surface area contributed by atoms with Crippen LogP contribution in [0.3, 0.4) is 0 Å². The molecule has 13 heteroatoms. The third-order valence-electron chi connectivity index (χ3n) is 6.87. The predicted octanol–water partition coefficient (Wildman–Crippen LogP) is 2.83. The number of aliphatic hydroxyl groups excluding tert-OH is 1. The van der Waals surface area contributed by atoms with Crippen LogP contribution in [0.25, 0.3) is 5.52 Å². The Morgan fingerprint density at radius 2 is 2.15 bits per heavy atom. The number of likely N-dealkylation sites (tertiary alicyclic amines) is 1. The molecule has 0 saturated carbocycles. The van der Waals surface area contributed by atoms with E-state index < -0.39 is 6.10 Å². The second-order valence-electron chi connectivity index (χ2n) is 10.1. The first-order chi connectivity index (χ1) is 19.5. The molecule has 2 fully saturated rings. The Morgan fingerprint density at radius 1 is 1.27 bits per heavy atom. The van der Waals surface area contributed by atoms with Crippen LogP contribution in [-0.2, 0) is 14.3 Å². The van der Waals surface area contributed by atoms with Crippen LogP contribution in [0.1, 0.15) is 18.5 Å². The highest BCUT2D eigenvalue weighted by Gasteiger charge is 2.33. The molecule has 0 aliphatic carbocycles. The van der Waals surface area contributed by atoms with Crippen LogP contribution >= 0.6 is 11.8 Å². The fourth-order valence-electron chi connectivity index (χ4n) is 4.90. The number of carbonyl (C=O) groups excluding carboxylic acids is 1. The van der Waals surface area contributed by atoms with Crippen LogP contribution in [0.5, 0.6) is 0 Å². The van der Waals surface area contributed by atoms with Crippen LogP contribution in [0.2, 0.25) is 0 Å². The van der Waals surface area contributed by atoms with Crippen molar-refractivity contribution < 1.29 is 19.4 Å². The molecule has 0 bridgehead atoms. The van der Waals surface area contributed by atoms with Crippen molar-refractivity contribution in [2.45, 2.75) is 48.1 Å². The van der Waals surface area contributed by atoms with Crippen molar-refractivity contribution in [3.05, 3.63) is 54.4 Å². The minimum absolute atomic E-state index is 0.110. The van der Waals surface area contributed by atoms with Gasteiger partial charge in [-0.2, -0.15) is 5.10 Å². The number of ether oxygens (including phenoxy) is 2. The first kappa shape index (κ1) is 26.7. The second kappa shape index (κ2) is 11.9. The predicted molar refractivity (Wildman–Crippen MR) is 150 cm³/mol. The minimum atomic E-state index is -0.613. The van der Waals surface area contributed by atoms with Gasteiger partial charge >= 0.3 is 0 Å². The summed E-state index contributed by atoms with van der Waals surface area (Å²) in [4.78, 5) is 20.2. The van der Waals surface area contributed by atoms with Gasteiger partial charge in [-0.05, 0) is 67.9 Å². The quantitative estimate of drug-likeness (QED) is 0.227. The smallest absolute Gasteiger partial charge is 0.238 e. The van der Waals surface area contributed by atoms with Crippen molar-refractivity contribution in [2.75, 3.05) is 43.5 Å². The topological polar surface area (TPSA) is 142 Å². The molecule has 1 amide bonds. The third kappa shape index (κ3) is 6.45. The largest absolute Gasteiger partial charge is 0.389 e. The van der Waals surface area contributed by atoms with Crippen molar-refractivity contribution in [2.24, 2.45) is 0 Å². The summed E-state index contributed by atoms with van der Waals surface area (Å²) < 4.78 is 13.2. The average Bonchev–Trinajstić information content (AvgIpc) is 3.73. The van der Waals surface area contributed by atoms with E-state index in [9.17, 15) is 9.90 Å². The van der Waals surface area contributed by atoms with E-state index in [1.807, 2.05) is 60.5 Å². The number of nitrogens with one attached hydrogen (secondary N) is 3. The summed E-state index contributed by atoms with van der Waals surface area (Å²) in [6.45, 7) is 4.30. The molecule has 2 aliphatic rings. The molecule has 3 atom stereocenters. The normalized spacial score (nSPS) is 21.3. The molecule has 3 aromatic heterocycles. The molecule has 210 valence electrons. The number of H-pyrrole nitrogens is 1. The van der Waals surface area contributed by atoms with Gasteiger partial charge in [0.1, 0.15) is 5.52 Å². The number of rotatable bonds is 10. The zero-order chi connectivity index (χ0) is 27.5. The Morgan fingerprint density at radius 3 is 2.92 bits per heavy atom. The number of aromatic nitrogens is 5. The number of β-amino-alcohol motifs (C(OH)–C–C–N with tert-alkyl or cyclic N) is 1. The number of aliphatic hydroxyl groups is 1. The lowest BCUT2D eigenvalue weighted by Gasteiger charge is -2.18. The molecule has 5 heterocycles.